The van der Waals surface area contributed by atoms with Crippen LogP contribution in [-0.4, -0.2) is 18.0 Å². The number of carbonyl (C=O) groups excluding carboxylic acids is 2. The molecule has 98 valence electrons. The van der Waals surface area contributed by atoms with Gasteiger partial charge in [-0.05, 0) is 31.9 Å². The van der Waals surface area contributed by atoms with E-state index in [1.54, 1.807) is 6.92 Å². The third kappa shape index (κ3) is 3.76. The van der Waals surface area contributed by atoms with Crippen LogP contribution in [0.4, 0.5) is 4.79 Å². The molecule has 2 atom stereocenters. The van der Waals surface area contributed by atoms with Gasteiger partial charge in [-0.15, -0.1) is 0 Å². The topological polar surface area (TPSA) is 84.2 Å². The Bertz CT molecular complexity index is 446. The molecule has 0 aliphatic heterocycles. The minimum Gasteiger partial charge on any atom is -0.352 e. The summed E-state index contributed by atoms with van der Waals surface area (Å²) < 4.78 is 0. The van der Waals surface area contributed by atoms with Crippen LogP contribution in [0.1, 0.15) is 31.0 Å². The van der Waals surface area contributed by atoms with E-state index >= 15 is 0 Å². The molecule has 0 aliphatic rings. The molecule has 0 heterocycles. The predicted molar refractivity (Wildman–Crippen MR) is 69.9 cm³/mol. The normalized spacial score (nSPS) is 13.5. The Labute approximate surface area is 107 Å². The van der Waals surface area contributed by atoms with E-state index in [1.807, 2.05) is 38.1 Å². The van der Waals surface area contributed by atoms with E-state index in [9.17, 15) is 9.59 Å². The van der Waals surface area contributed by atoms with Crippen molar-refractivity contribution < 1.29 is 9.59 Å². The van der Waals surface area contributed by atoms with Crippen LogP contribution in [0, 0.1) is 6.92 Å². The van der Waals surface area contributed by atoms with E-state index in [1.165, 1.54) is 0 Å². The summed E-state index contributed by atoms with van der Waals surface area (Å²) in [4.78, 5) is 22.4. The van der Waals surface area contributed by atoms with Crippen LogP contribution in [0.5, 0.6) is 0 Å². The number of urea groups is 1. The van der Waals surface area contributed by atoms with Crippen LogP contribution in [-0.2, 0) is 4.79 Å². The minimum absolute atomic E-state index is 0.115. The number of rotatable bonds is 4. The maximum Gasteiger partial charge on any atom is 0.312 e. The quantitative estimate of drug-likeness (QED) is 0.749. The number of carbonyl (C=O) groups is 2. The first-order valence-electron chi connectivity index (χ1n) is 5.83. The van der Waals surface area contributed by atoms with Crippen molar-refractivity contribution in [2.45, 2.75) is 32.9 Å². The molecule has 0 saturated heterocycles. The first-order valence-corrected chi connectivity index (χ1v) is 5.83. The number of benzene rings is 1. The van der Waals surface area contributed by atoms with Crippen molar-refractivity contribution in [1.29, 1.82) is 0 Å². The highest BCUT2D eigenvalue weighted by Gasteiger charge is 2.17. The fourth-order valence-corrected chi connectivity index (χ4v) is 1.77. The third-order valence-electron chi connectivity index (χ3n) is 2.77. The lowest BCUT2D eigenvalue weighted by Gasteiger charge is -2.19. The zero-order valence-corrected chi connectivity index (χ0v) is 10.9. The van der Waals surface area contributed by atoms with Gasteiger partial charge in [-0.3, -0.25) is 4.79 Å². The van der Waals surface area contributed by atoms with Crippen molar-refractivity contribution in [2.75, 3.05) is 0 Å². The molecule has 5 nitrogen and oxygen atoms in total. The molecular formula is C13H19N3O2. The molecule has 0 saturated carbocycles. The summed E-state index contributed by atoms with van der Waals surface area (Å²) in [7, 11) is 0. The third-order valence-corrected chi connectivity index (χ3v) is 2.77. The summed E-state index contributed by atoms with van der Waals surface area (Å²) in [5.41, 5.74) is 7.13. The Morgan fingerprint density at radius 1 is 1.17 bits per heavy atom. The van der Waals surface area contributed by atoms with Gasteiger partial charge in [-0.1, -0.05) is 24.3 Å². The summed E-state index contributed by atoms with van der Waals surface area (Å²) in [5, 5.41) is 5.17. The molecule has 0 aliphatic carbocycles. The van der Waals surface area contributed by atoms with Crippen LogP contribution in [0.25, 0.3) is 0 Å². The summed E-state index contributed by atoms with van der Waals surface area (Å²) in [6.07, 6.45) is 0. The number of nitrogens with two attached hydrogens (primary N) is 1. The van der Waals surface area contributed by atoms with Crippen molar-refractivity contribution in [1.82, 2.24) is 10.6 Å². The largest absolute Gasteiger partial charge is 0.352 e. The molecule has 0 bridgehead atoms. The number of hydrogen-bond acceptors (Lipinski definition) is 2. The summed E-state index contributed by atoms with van der Waals surface area (Å²) >= 11 is 0. The number of nitrogens with one attached hydrogen (secondary N) is 2. The highest BCUT2D eigenvalue weighted by molar-refractivity contribution is 5.86. The number of amides is 3. The first-order chi connectivity index (χ1) is 8.41. The van der Waals surface area contributed by atoms with Gasteiger partial charge >= 0.3 is 6.03 Å². The fourth-order valence-electron chi connectivity index (χ4n) is 1.77. The first kappa shape index (κ1) is 14.0. The zero-order chi connectivity index (χ0) is 13.7. The molecule has 18 heavy (non-hydrogen) atoms. The van der Waals surface area contributed by atoms with E-state index in [-0.39, 0.29) is 11.9 Å². The van der Waals surface area contributed by atoms with Gasteiger partial charge in [-0.25, -0.2) is 4.79 Å². The second-order valence-corrected chi connectivity index (χ2v) is 4.32. The minimum atomic E-state index is -0.707. The van der Waals surface area contributed by atoms with E-state index in [2.05, 4.69) is 10.6 Å². The van der Waals surface area contributed by atoms with E-state index in [0.717, 1.165) is 11.1 Å². The molecule has 2 unspecified atom stereocenters. The van der Waals surface area contributed by atoms with Gasteiger partial charge in [0.25, 0.3) is 0 Å². The maximum atomic E-state index is 11.8. The Hall–Kier alpha value is -2.04. The van der Waals surface area contributed by atoms with Crippen molar-refractivity contribution in [3.63, 3.8) is 0 Å². The molecule has 0 fully saturated rings. The van der Waals surface area contributed by atoms with Crippen molar-refractivity contribution >= 4 is 11.9 Å². The Kier molecular flexibility index (Phi) is 4.71. The molecule has 0 radical (unpaired) electrons. The van der Waals surface area contributed by atoms with Gasteiger partial charge in [0.05, 0.1) is 6.04 Å². The second kappa shape index (κ2) is 6.05. The molecule has 0 spiro atoms. The van der Waals surface area contributed by atoms with Gasteiger partial charge in [0.1, 0.15) is 6.04 Å². The smallest absolute Gasteiger partial charge is 0.312 e. The van der Waals surface area contributed by atoms with Gasteiger partial charge < -0.3 is 16.4 Å². The number of hydrogen-bond donors (Lipinski definition) is 3. The van der Waals surface area contributed by atoms with Gasteiger partial charge in [0.2, 0.25) is 5.91 Å². The molecule has 5 heteroatoms. The monoisotopic (exact) mass is 249 g/mol. The van der Waals surface area contributed by atoms with E-state index in [4.69, 9.17) is 5.73 Å². The van der Waals surface area contributed by atoms with Gasteiger partial charge in [-0.2, -0.15) is 0 Å². The molecule has 1 rings (SSSR count). The predicted octanol–water partition coefficient (Wildman–Crippen LogP) is 1.23. The van der Waals surface area contributed by atoms with Crippen molar-refractivity contribution in [3.8, 4) is 0 Å². The lowest BCUT2D eigenvalue weighted by molar-refractivity contribution is -0.123. The summed E-state index contributed by atoms with van der Waals surface area (Å²) in [5.74, 6) is -0.260. The van der Waals surface area contributed by atoms with Crippen LogP contribution in [0.15, 0.2) is 24.3 Å². The maximum absolute atomic E-state index is 11.8. The van der Waals surface area contributed by atoms with Gasteiger partial charge in [0, 0.05) is 0 Å². The van der Waals surface area contributed by atoms with E-state index < -0.39 is 12.1 Å². The number of aryl methyl sites for hydroxylation is 1. The average molecular weight is 249 g/mol. The Morgan fingerprint density at radius 3 is 2.33 bits per heavy atom. The highest BCUT2D eigenvalue weighted by Crippen LogP contribution is 2.16. The standard InChI is InChI=1S/C13H19N3O2/c1-8-6-4-5-7-11(8)9(2)15-12(17)10(3)16-13(14)18/h4-7,9-10H,1-3H3,(H,15,17)(H3,14,16,18). The summed E-state index contributed by atoms with van der Waals surface area (Å²) in [6, 6.07) is 6.36. The van der Waals surface area contributed by atoms with Crippen LogP contribution < -0.4 is 16.4 Å². The van der Waals surface area contributed by atoms with Gasteiger partial charge in [0.15, 0.2) is 0 Å². The van der Waals surface area contributed by atoms with Crippen molar-refractivity contribution in [2.24, 2.45) is 5.73 Å². The molecule has 4 N–H and O–H groups in total. The lowest BCUT2D eigenvalue weighted by Crippen LogP contribution is -2.47. The fraction of sp³-hybridized carbons (Fsp3) is 0.385. The SMILES string of the molecule is Cc1ccccc1C(C)NC(=O)C(C)NC(N)=O. The molecule has 1 aromatic rings. The Morgan fingerprint density at radius 2 is 1.78 bits per heavy atom. The zero-order valence-electron chi connectivity index (χ0n) is 10.9. The lowest BCUT2D eigenvalue weighted by atomic mass is 10.0. The van der Waals surface area contributed by atoms with Crippen LogP contribution in [0.3, 0.4) is 0 Å². The van der Waals surface area contributed by atoms with Crippen LogP contribution in [0.2, 0.25) is 0 Å². The molecular weight excluding hydrogens is 230 g/mol. The molecule has 0 aromatic heterocycles. The highest BCUT2D eigenvalue weighted by atomic mass is 16.2. The van der Waals surface area contributed by atoms with Crippen LogP contribution >= 0.6 is 0 Å². The molecule has 1 aromatic carbocycles. The summed E-state index contributed by atoms with van der Waals surface area (Å²) in [6.45, 7) is 5.48. The average Bonchev–Trinajstić information content (AvgIpc) is 2.28. The second-order valence-electron chi connectivity index (χ2n) is 4.32. The molecule has 3 amide bonds. The number of primary amides is 1. The van der Waals surface area contributed by atoms with Crippen molar-refractivity contribution in [3.05, 3.63) is 35.4 Å². The van der Waals surface area contributed by atoms with E-state index in [0.29, 0.717) is 0 Å². The Balaban J connectivity index is 2.65.